The van der Waals surface area contributed by atoms with Crippen LogP contribution in [0.1, 0.15) is 24.8 Å². The van der Waals surface area contributed by atoms with Crippen LogP contribution >= 0.6 is 0 Å². The van der Waals surface area contributed by atoms with Gasteiger partial charge in [-0.1, -0.05) is 42.8 Å². The highest BCUT2D eigenvalue weighted by Crippen LogP contribution is 2.26. The fourth-order valence-electron chi connectivity index (χ4n) is 2.37. The Labute approximate surface area is 108 Å². The van der Waals surface area contributed by atoms with E-state index in [0.717, 1.165) is 24.8 Å². The summed E-state index contributed by atoms with van der Waals surface area (Å²) < 4.78 is 5.20. The van der Waals surface area contributed by atoms with Crippen molar-refractivity contribution in [3.63, 3.8) is 0 Å². The lowest BCUT2D eigenvalue weighted by atomic mass is 10.0. The minimum Gasteiger partial charge on any atom is -0.445 e. The topological polar surface area (TPSA) is 38.3 Å². The predicted octanol–water partition coefficient (Wildman–Crippen LogP) is 3.27. The van der Waals surface area contributed by atoms with Gasteiger partial charge in [-0.15, -0.1) is 6.58 Å². The second-order valence-electron chi connectivity index (χ2n) is 4.64. The van der Waals surface area contributed by atoms with E-state index in [2.05, 4.69) is 11.9 Å². The zero-order valence-corrected chi connectivity index (χ0v) is 10.5. The predicted molar refractivity (Wildman–Crippen MR) is 71.1 cm³/mol. The second-order valence-corrected chi connectivity index (χ2v) is 4.64. The number of hydrogen-bond acceptors (Lipinski definition) is 2. The molecule has 96 valence electrons. The maximum atomic E-state index is 11.7. The third kappa shape index (κ3) is 3.36. The summed E-state index contributed by atoms with van der Waals surface area (Å²) in [5, 5.41) is 2.92. The maximum absolute atomic E-state index is 11.7. The van der Waals surface area contributed by atoms with E-state index in [9.17, 15) is 4.79 Å². The van der Waals surface area contributed by atoms with Gasteiger partial charge < -0.3 is 10.1 Å². The summed E-state index contributed by atoms with van der Waals surface area (Å²) in [5.41, 5.74) is 0.999. The molecule has 1 aliphatic rings. The fourth-order valence-corrected chi connectivity index (χ4v) is 2.37. The molecule has 1 aromatic rings. The van der Waals surface area contributed by atoms with Crippen molar-refractivity contribution in [2.24, 2.45) is 5.92 Å². The number of alkyl carbamates (subject to hydrolysis) is 1. The van der Waals surface area contributed by atoms with Crippen LogP contribution in [0.15, 0.2) is 43.0 Å². The van der Waals surface area contributed by atoms with Gasteiger partial charge in [0.1, 0.15) is 6.61 Å². The summed E-state index contributed by atoms with van der Waals surface area (Å²) >= 11 is 0. The van der Waals surface area contributed by atoms with Gasteiger partial charge >= 0.3 is 6.09 Å². The number of benzene rings is 1. The zero-order valence-electron chi connectivity index (χ0n) is 10.5. The molecule has 3 nitrogen and oxygen atoms in total. The van der Waals surface area contributed by atoms with E-state index in [-0.39, 0.29) is 12.1 Å². The lowest BCUT2D eigenvalue weighted by Gasteiger charge is -2.17. The molecular weight excluding hydrogens is 226 g/mol. The van der Waals surface area contributed by atoms with Crippen LogP contribution in [0.5, 0.6) is 0 Å². The molecular formula is C15H19NO2. The normalized spacial score (nSPS) is 22.4. The summed E-state index contributed by atoms with van der Waals surface area (Å²) in [6.07, 6.45) is 4.84. The van der Waals surface area contributed by atoms with E-state index in [1.54, 1.807) is 0 Å². The van der Waals surface area contributed by atoms with Gasteiger partial charge in [-0.2, -0.15) is 0 Å². The molecule has 0 radical (unpaired) electrons. The minimum atomic E-state index is -0.336. The van der Waals surface area contributed by atoms with Gasteiger partial charge in [-0.3, -0.25) is 0 Å². The highest BCUT2D eigenvalue weighted by atomic mass is 16.5. The summed E-state index contributed by atoms with van der Waals surface area (Å²) in [7, 11) is 0. The third-order valence-electron chi connectivity index (χ3n) is 3.39. The first-order valence-electron chi connectivity index (χ1n) is 6.39. The van der Waals surface area contributed by atoms with Crippen LogP contribution in [0.2, 0.25) is 0 Å². The molecule has 1 N–H and O–H groups in total. The second kappa shape index (κ2) is 6.24. The Morgan fingerprint density at radius 1 is 1.39 bits per heavy atom. The van der Waals surface area contributed by atoms with Crippen molar-refractivity contribution in [2.45, 2.75) is 31.9 Å². The molecule has 18 heavy (non-hydrogen) atoms. The average Bonchev–Trinajstić information content (AvgIpc) is 2.85. The Hall–Kier alpha value is -1.77. The molecule has 1 saturated carbocycles. The molecule has 0 bridgehead atoms. The molecule has 2 rings (SSSR count). The fraction of sp³-hybridized carbons (Fsp3) is 0.400. The summed E-state index contributed by atoms with van der Waals surface area (Å²) in [5.74, 6) is 0.384. The first-order chi connectivity index (χ1) is 8.79. The summed E-state index contributed by atoms with van der Waals surface area (Å²) in [4.78, 5) is 11.7. The first kappa shape index (κ1) is 12.7. The quantitative estimate of drug-likeness (QED) is 0.827. The van der Waals surface area contributed by atoms with E-state index in [0.29, 0.717) is 12.5 Å². The Morgan fingerprint density at radius 3 is 2.89 bits per heavy atom. The number of carbonyl (C=O) groups excluding carboxylic acids is 1. The van der Waals surface area contributed by atoms with Crippen molar-refractivity contribution in [1.29, 1.82) is 0 Å². The van der Waals surface area contributed by atoms with Gasteiger partial charge in [0.25, 0.3) is 0 Å². The van der Waals surface area contributed by atoms with Gasteiger partial charge in [0.2, 0.25) is 0 Å². The molecule has 3 heteroatoms. The van der Waals surface area contributed by atoms with Crippen molar-refractivity contribution >= 4 is 6.09 Å². The Morgan fingerprint density at radius 2 is 2.17 bits per heavy atom. The number of carbonyl (C=O) groups is 1. The number of rotatable bonds is 4. The number of hydrogen-bond donors (Lipinski definition) is 1. The van der Waals surface area contributed by atoms with Crippen LogP contribution in [0.4, 0.5) is 4.79 Å². The molecule has 0 saturated heterocycles. The Bertz CT molecular complexity index is 402. The Kier molecular flexibility index (Phi) is 4.40. The lowest BCUT2D eigenvalue weighted by Crippen LogP contribution is -2.37. The van der Waals surface area contributed by atoms with Crippen LogP contribution in [0, 0.1) is 5.92 Å². The highest BCUT2D eigenvalue weighted by Gasteiger charge is 2.26. The SMILES string of the molecule is C=C[C@@H]1CCC[C@H]1NC(=O)OCc1ccccc1. The van der Waals surface area contributed by atoms with Gasteiger partial charge in [0.05, 0.1) is 0 Å². The van der Waals surface area contributed by atoms with Crippen LogP contribution in [-0.2, 0) is 11.3 Å². The number of nitrogens with one attached hydrogen (secondary N) is 1. The van der Waals surface area contributed by atoms with Crippen molar-refractivity contribution in [3.05, 3.63) is 48.6 Å². The van der Waals surface area contributed by atoms with Crippen LogP contribution in [-0.4, -0.2) is 12.1 Å². The van der Waals surface area contributed by atoms with Crippen molar-refractivity contribution in [2.75, 3.05) is 0 Å². The molecule has 1 fully saturated rings. The number of ether oxygens (including phenoxy) is 1. The van der Waals surface area contributed by atoms with Crippen LogP contribution in [0.3, 0.4) is 0 Å². The molecule has 0 aromatic heterocycles. The van der Waals surface area contributed by atoms with Crippen LogP contribution in [0.25, 0.3) is 0 Å². The van der Waals surface area contributed by atoms with Crippen molar-refractivity contribution in [1.82, 2.24) is 5.32 Å². The summed E-state index contributed by atoms with van der Waals surface area (Å²) in [6, 6.07) is 9.87. The highest BCUT2D eigenvalue weighted by molar-refractivity contribution is 5.67. The molecule has 1 aliphatic carbocycles. The van der Waals surface area contributed by atoms with Gasteiger partial charge in [-0.25, -0.2) is 4.79 Å². The molecule has 1 amide bonds. The maximum Gasteiger partial charge on any atom is 0.407 e. The lowest BCUT2D eigenvalue weighted by molar-refractivity contribution is 0.134. The van der Waals surface area contributed by atoms with E-state index in [4.69, 9.17) is 4.74 Å². The molecule has 0 spiro atoms. The smallest absolute Gasteiger partial charge is 0.407 e. The van der Waals surface area contributed by atoms with Crippen molar-refractivity contribution in [3.8, 4) is 0 Å². The Balaban J connectivity index is 1.77. The van der Waals surface area contributed by atoms with Gasteiger partial charge in [0, 0.05) is 6.04 Å². The molecule has 2 atom stereocenters. The van der Waals surface area contributed by atoms with E-state index >= 15 is 0 Å². The van der Waals surface area contributed by atoms with Crippen molar-refractivity contribution < 1.29 is 9.53 Å². The van der Waals surface area contributed by atoms with E-state index < -0.39 is 0 Å². The number of amides is 1. The van der Waals surface area contributed by atoms with E-state index in [1.807, 2.05) is 36.4 Å². The minimum absolute atomic E-state index is 0.186. The molecule has 1 aromatic carbocycles. The largest absolute Gasteiger partial charge is 0.445 e. The van der Waals surface area contributed by atoms with E-state index in [1.165, 1.54) is 0 Å². The van der Waals surface area contributed by atoms with Gasteiger partial charge in [-0.05, 0) is 24.3 Å². The third-order valence-corrected chi connectivity index (χ3v) is 3.39. The van der Waals surface area contributed by atoms with Gasteiger partial charge in [0.15, 0.2) is 0 Å². The first-order valence-corrected chi connectivity index (χ1v) is 6.39. The zero-order chi connectivity index (χ0) is 12.8. The standard InChI is InChI=1S/C15H19NO2/c1-2-13-9-6-10-14(13)16-15(17)18-11-12-7-4-3-5-8-12/h2-5,7-8,13-14H,1,6,9-11H2,(H,16,17)/t13-,14-/m1/s1. The molecule has 0 aliphatic heterocycles. The monoisotopic (exact) mass is 245 g/mol. The summed E-state index contributed by atoms with van der Waals surface area (Å²) in [6.45, 7) is 4.12. The average molecular weight is 245 g/mol. The molecule has 0 heterocycles. The molecule has 0 unspecified atom stereocenters. The van der Waals surface area contributed by atoms with Crippen LogP contribution < -0.4 is 5.32 Å².